The summed E-state index contributed by atoms with van der Waals surface area (Å²) in [6.07, 6.45) is 0.757. The van der Waals surface area contributed by atoms with Crippen molar-refractivity contribution < 1.29 is 4.74 Å². The normalized spacial score (nSPS) is 10.3. The van der Waals surface area contributed by atoms with E-state index in [1.54, 1.807) is 6.07 Å². The molecule has 0 aliphatic heterocycles. The second-order valence-corrected chi connectivity index (χ2v) is 5.56. The smallest absolute Gasteiger partial charge is 0.224 e. The van der Waals surface area contributed by atoms with Crippen LogP contribution in [0.4, 0.5) is 5.82 Å². The summed E-state index contributed by atoms with van der Waals surface area (Å²) in [5, 5.41) is 3.00. The third-order valence-electron chi connectivity index (χ3n) is 2.43. The Kier molecular flexibility index (Phi) is 4.76. The van der Waals surface area contributed by atoms with E-state index in [1.807, 2.05) is 32.2 Å². The van der Waals surface area contributed by atoms with Crippen molar-refractivity contribution in [2.75, 3.05) is 12.4 Å². The lowest BCUT2D eigenvalue weighted by Gasteiger charge is -2.09. The summed E-state index contributed by atoms with van der Waals surface area (Å²) in [6.45, 7) is 2.01. The molecule has 1 aromatic carbocycles. The van der Waals surface area contributed by atoms with Crippen LogP contribution in [-0.4, -0.2) is 17.0 Å². The molecule has 100 valence electrons. The highest BCUT2D eigenvalue weighted by Gasteiger charge is 2.07. The number of rotatable bonds is 4. The SMILES string of the molecule is CCc1nc(NC)cc(Oc2ccc(Br)cc2Br)n1. The molecule has 1 aromatic heterocycles. The molecule has 0 atom stereocenters. The zero-order valence-corrected chi connectivity index (χ0v) is 13.7. The highest BCUT2D eigenvalue weighted by molar-refractivity contribution is 9.11. The molecule has 0 radical (unpaired) electrons. The van der Waals surface area contributed by atoms with E-state index < -0.39 is 0 Å². The lowest BCUT2D eigenvalue weighted by molar-refractivity contribution is 0.456. The molecule has 0 fully saturated rings. The fourth-order valence-corrected chi connectivity index (χ4v) is 2.61. The maximum atomic E-state index is 5.79. The maximum absolute atomic E-state index is 5.79. The van der Waals surface area contributed by atoms with Gasteiger partial charge in [0.2, 0.25) is 5.88 Å². The molecule has 19 heavy (non-hydrogen) atoms. The van der Waals surface area contributed by atoms with Gasteiger partial charge in [-0.2, -0.15) is 4.98 Å². The minimum Gasteiger partial charge on any atom is -0.438 e. The zero-order chi connectivity index (χ0) is 13.8. The van der Waals surface area contributed by atoms with Crippen molar-refractivity contribution in [2.24, 2.45) is 0 Å². The van der Waals surface area contributed by atoms with Gasteiger partial charge in [-0.05, 0) is 34.1 Å². The van der Waals surface area contributed by atoms with Crippen molar-refractivity contribution in [3.63, 3.8) is 0 Å². The van der Waals surface area contributed by atoms with Crippen LogP contribution in [0, 0.1) is 0 Å². The third-order valence-corrected chi connectivity index (χ3v) is 3.54. The van der Waals surface area contributed by atoms with Crippen LogP contribution in [0.15, 0.2) is 33.2 Å². The van der Waals surface area contributed by atoms with Gasteiger partial charge in [0, 0.05) is 24.0 Å². The number of hydrogen-bond acceptors (Lipinski definition) is 4. The van der Waals surface area contributed by atoms with Crippen molar-refractivity contribution >= 4 is 37.7 Å². The largest absolute Gasteiger partial charge is 0.438 e. The summed E-state index contributed by atoms with van der Waals surface area (Å²) in [6, 6.07) is 7.49. The topological polar surface area (TPSA) is 47.0 Å². The first-order valence-electron chi connectivity index (χ1n) is 5.81. The molecular weight excluding hydrogens is 374 g/mol. The lowest BCUT2D eigenvalue weighted by Crippen LogP contribution is -2.01. The van der Waals surface area contributed by atoms with Crippen molar-refractivity contribution in [1.29, 1.82) is 0 Å². The van der Waals surface area contributed by atoms with Gasteiger partial charge in [-0.3, -0.25) is 0 Å². The molecule has 2 rings (SSSR count). The predicted octanol–water partition coefficient (Wildman–Crippen LogP) is 4.40. The molecule has 0 aliphatic carbocycles. The highest BCUT2D eigenvalue weighted by atomic mass is 79.9. The minimum atomic E-state index is 0.527. The van der Waals surface area contributed by atoms with Gasteiger partial charge in [0.05, 0.1) is 4.47 Å². The van der Waals surface area contributed by atoms with Gasteiger partial charge in [0.1, 0.15) is 17.4 Å². The van der Waals surface area contributed by atoms with Crippen LogP contribution in [0.25, 0.3) is 0 Å². The number of aryl methyl sites for hydroxylation is 1. The van der Waals surface area contributed by atoms with E-state index in [4.69, 9.17) is 4.74 Å². The summed E-state index contributed by atoms with van der Waals surface area (Å²) >= 11 is 6.87. The molecule has 0 saturated carbocycles. The van der Waals surface area contributed by atoms with Gasteiger partial charge < -0.3 is 10.1 Å². The first kappa shape index (κ1) is 14.3. The van der Waals surface area contributed by atoms with Crippen LogP contribution < -0.4 is 10.1 Å². The number of halogens is 2. The Morgan fingerprint density at radius 3 is 2.63 bits per heavy atom. The van der Waals surface area contributed by atoms with Gasteiger partial charge in [-0.25, -0.2) is 4.98 Å². The van der Waals surface area contributed by atoms with Gasteiger partial charge in [0.25, 0.3) is 0 Å². The first-order chi connectivity index (χ1) is 9.12. The lowest BCUT2D eigenvalue weighted by atomic mass is 10.3. The van der Waals surface area contributed by atoms with Gasteiger partial charge in [-0.15, -0.1) is 0 Å². The zero-order valence-electron chi connectivity index (χ0n) is 10.6. The third kappa shape index (κ3) is 3.67. The maximum Gasteiger partial charge on any atom is 0.224 e. The van der Waals surface area contributed by atoms with Gasteiger partial charge >= 0.3 is 0 Å². The average Bonchev–Trinajstić information content (AvgIpc) is 2.41. The Labute approximate surface area is 128 Å². The van der Waals surface area contributed by atoms with Crippen molar-refractivity contribution in [3.05, 3.63) is 39.0 Å². The summed E-state index contributed by atoms with van der Waals surface area (Å²) in [7, 11) is 1.82. The Hall–Kier alpha value is -1.14. The quantitative estimate of drug-likeness (QED) is 0.845. The molecule has 0 unspecified atom stereocenters. The van der Waals surface area contributed by atoms with Crippen LogP contribution in [-0.2, 0) is 6.42 Å². The second kappa shape index (κ2) is 6.34. The van der Waals surface area contributed by atoms with E-state index in [-0.39, 0.29) is 0 Å². The molecule has 4 nitrogen and oxygen atoms in total. The number of hydrogen-bond donors (Lipinski definition) is 1. The van der Waals surface area contributed by atoms with E-state index in [1.165, 1.54) is 0 Å². The fraction of sp³-hybridized carbons (Fsp3) is 0.231. The van der Waals surface area contributed by atoms with Crippen LogP contribution in [0.2, 0.25) is 0 Å². The Morgan fingerprint density at radius 1 is 1.21 bits per heavy atom. The number of nitrogens with one attached hydrogen (secondary N) is 1. The molecule has 0 aliphatic rings. The molecular formula is C13H13Br2N3O. The number of nitrogens with zero attached hydrogens (tertiary/aromatic N) is 2. The van der Waals surface area contributed by atoms with Crippen molar-refractivity contribution in [1.82, 2.24) is 9.97 Å². The monoisotopic (exact) mass is 385 g/mol. The molecule has 0 spiro atoms. The molecule has 1 heterocycles. The Morgan fingerprint density at radius 2 is 2.00 bits per heavy atom. The van der Waals surface area contributed by atoms with Gasteiger partial charge in [0.15, 0.2) is 0 Å². The molecule has 0 saturated heterocycles. The standard InChI is InChI=1S/C13H13Br2N3O/c1-3-11-17-12(16-2)7-13(18-11)19-10-5-4-8(14)6-9(10)15/h4-7H,3H2,1-2H3,(H,16,17,18). The molecule has 6 heteroatoms. The molecule has 1 N–H and O–H groups in total. The predicted molar refractivity (Wildman–Crippen MR) is 82.9 cm³/mol. The molecule has 0 bridgehead atoms. The first-order valence-corrected chi connectivity index (χ1v) is 7.39. The number of aromatic nitrogens is 2. The molecule has 0 amide bonds. The Bertz CT molecular complexity index is 568. The summed E-state index contributed by atoms with van der Waals surface area (Å²) in [5.41, 5.74) is 0. The summed E-state index contributed by atoms with van der Waals surface area (Å²) < 4.78 is 7.64. The Balaban J connectivity index is 2.31. The van der Waals surface area contributed by atoms with Crippen LogP contribution in [0.3, 0.4) is 0 Å². The second-order valence-electron chi connectivity index (χ2n) is 3.79. The number of benzene rings is 1. The average molecular weight is 387 g/mol. The van der Waals surface area contributed by atoms with Crippen LogP contribution in [0.1, 0.15) is 12.7 Å². The van der Waals surface area contributed by atoms with Crippen molar-refractivity contribution in [2.45, 2.75) is 13.3 Å². The van der Waals surface area contributed by atoms with Crippen LogP contribution >= 0.6 is 31.9 Å². The number of anilines is 1. The van der Waals surface area contributed by atoms with E-state index in [0.29, 0.717) is 11.6 Å². The highest BCUT2D eigenvalue weighted by Crippen LogP contribution is 2.31. The fourth-order valence-electron chi connectivity index (χ4n) is 1.48. The summed E-state index contributed by atoms with van der Waals surface area (Å²) in [5.74, 6) is 2.73. The van der Waals surface area contributed by atoms with E-state index in [2.05, 4.69) is 47.1 Å². The summed E-state index contributed by atoms with van der Waals surface area (Å²) in [4.78, 5) is 8.68. The van der Waals surface area contributed by atoms with E-state index in [0.717, 1.165) is 27.0 Å². The minimum absolute atomic E-state index is 0.527. The van der Waals surface area contributed by atoms with E-state index >= 15 is 0 Å². The van der Waals surface area contributed by atoms with E-state index in [9.17, 15) is 0 Å². The number of ether oxygens (including phenoxy) is 1. The van der Waals surface area contributed by atoms with Gasteiger partial charge in [-0.1, -0.05) is 22.9 Å². The van der Waals surface area contributed by atoms with Crippen LogP contribution in [0.5, 0.6) is 11.6 Å². The molecule has 2 aromatic rings. The van der Waals surface area contributed by atoms with Crippen molar-refractivity contribution in [3.8, 4) is 11.6 Å².